The van der Waals surface area contributed by atoms with Crippen molar-refractivity contribution < 1.29 is 9.21 Å². The Morgan fingerprint density at radius 3 is 2.95 bits per heavy atom. The minimum Gasteiger partial charge on any atom is -0.451 e. The summed E-state index contributed by atoms with van der Waals surface area (Å²) in [7, 11) is 0. The zero-order valence-corrected chi connectivity index (χ0v) is 11.6. The van der Waals surface area contributed by atoms with Crippen LogP contribution in [-0.4, -0.2) is 29.3 Å². The van der Waals surface area contributed by atoms with Gasteiger partial charge in [0.1, 0.15) is 5.58 Å². The Kier molecular flexibility index (Phi) is 3.23. The van der Waals surface area contributed by atoms with Crippen molar-refractivity contribution in [3.8, 4) is 0 Å². The maximum absolute atomic E-state index is 12.4. The molecule has 2 unspecified atom stereocenters. The standard InChI is InChI=1S/C15H16ClNO2/c1-10-9-17(7-6-12(10)16)15(18)14-8-11-4-2-3-5-13(11)19-14/h2-5,8,10,12H,6-7,9H2,1H3. The average molecular weight is 278 g/mol. The van der Waals surface area contributed by atoms with Gasteiger partial charge in [0, 0.05) is 23.9 Å². The molecule has 0 N–H and O–H groups in total. The van der Waals surface area contributed by atoms with E-state index in [1.165, 1.54) is 0 Å². The number of piperidine rings is 1. The monoisotopic (exact) mass is 277 g/mol. The van der Waals surface area contributed by atoms with Crippen molar-refractivity contribution in [3.05, 3.63) is 36.1 Å². The Morgan fingerprint density at radius 1 is 1.42 bits per heavy atom. The van der Waals surface area contributed by atoms with Crippen LogP contribution >= 0.6 is 11.6 Å². The zero-order valence-electron chi connectivity index (χ0n) is 10.8. The Balaban J connectivity index is 1.83. The predicted molar refractivity (Wildman–Crippen MR) is 75.5 cm³/mol. The first-order valence-corrected chi connectivity index (χ1v) is 7.00. The minimum absolute atomic E-state index is 0.0355. The van der Waals surface area contributed by atoms with Gasteiger partial charge >= 0.3 is 0 Å². The van der Waals surface area contributed by atoms with E-state index in [0.717, 1.165) is 17.4 Å². The Morgan fingerprint density at radius 2 is 2.21 bits per heavy atom. The number of fused-ring (bicyclic) bond motifs is 1. The van der Waals surface area contributed by atoms with Crippen LogP contribution in [0.25, 0.3) is 11.0 Å². The topological polar surface area (TPSA) is 33.5 Å². The van der Waals surface area contributed by atoms with Crippen molar-refractivity contribution >= 4 is 28.5 Å². The number of hydrogen-bond acceptors (Lipinski definition) is 2. The first-order chi connectivity index (χ1) is 9.15. The van der Waals surface area contributed by atoms with Crippen LogP contribution in [0.5, 0.6) is 0 Å². The SMILES string of the molecule is CC1CN(C(=O)c2cc3ccccc3o2)CCC1Cl. The second-order valence-electron chi connectivity index (χ2n) is 5.18. The van der Waals surface area contributed by atoms with Gasteiger partial charge in [0.25, 0.3) is 5.91 Å². The molecular weight excluding hydrogens is 262 g/mol. The molecule has 1 aliphatic rings. The number of likely N-dealkylation sites (tertiary alicyclic amines) is 1. The van der Waals surface area contributed by atoms with Gasteiger partial charge in [-0.05, 0) is 24.5 Å². The number of carbonyl (C=O) groups excluding carboxylic acids is 1. The molecule has 100 valence electrons. The lowest BCUT2D eigenvalue weighted by molar-refractivity contribution is 0.0657. The normalized spacial score (nSPS) is 23.8. The highest BCUT2D eigenvalue weighted by molar-refractivity contribution is 6.20. The number of para-hydroxylation sites is 1. The average Bonchev–Trinajstić information content (AvgIpc) is 2.85. The largest absolute Gasteiger partial charge is 0.451 e. The molecule has 0 bridgehead atoms. The van der Waals surface area contributed by atoms with Crippen LogP contribution in [0.3, 0.4) is 0 Å². The van der Waals surface area contributed by atoms with Crippen LogP contribution in [0.1, 0.15) is 23.9 Å². The highest BCUT2D eigenvalue weighted by Crippen LogP contribution is 2.25. The summed E-state index contributed by atoms with van der Waals surface area (Å²) in [5.41, 5.74) is 0.756. The minimum atomic E-state index is -0.0355. The lowest BCUT2D eigenvalue weighted by Gasteiger charge is -2.33. The summed E-state index contributed by atoms with van der Waals surface area (Å²) in [6.45, 7) is 3.48. The third kappa shape index (κ3) is 2.35. The van der Waals surface area contributed by atoms with Crippen molar-refractivity contribution in [2.75, 3.05) is 13.1 Å². The van der Waals surface area contributed by atoms with E-state index < -0.39 is 0 Å². The lowest BCUT2D eigenvalue weighted by atomic mass is 9.99. The molecule has 1 aromatic heterocycles. The van der Waals surface area contributed by atoms with Crippen LogP contribution in [0, 0.1) is 5.92 Å². The summed E-state index contributed by atoms with van der Waals surface area (Å²) in [6, 6.07) is 9.48. The number of halogens is 1. The first kappa shape index (κ1) is 12.5. The van der Waals surface area contributed by atoms with E-state index >= 15 is 0 Å². The van der Waals surface area contributed by atoms with E-state index in [1.807, 2.05) is 35.2 Å². The van der Waals surface area contributed by atoms with E-state index in [9.17, 15) is 4.79 Å². The lowest BCUT2D eigenvalue weighted by Crippen LogP contribution is -2.43. The maximum Gasteiger partial charge on any atom is 0.289 e. The zero-order chi connectivity index (χ0) is 13.4. The Hall–Kier alpha value is -1.48. The van der Waals surface area contributed by atoms with Crippen LogP contribution < -0.4 is 0 Å². The number of amides is 1. The summed E-state index contributed by atoms with van der Waals surface area (Å²) in [5, 5.41) is 1.13. The fourth-order valence-electron chi connectivity index (χ4n) is 2.54. The van der Waals surface area contributed by atoms with Gasteiger partial charge in [0.2, 0.25) is 0 Å². The van der Waals surface area contributed by atoms with E-state index in [0.29, 0.717) is 24.8 Å². The molecule has 3 rings (SSSR count). The van der Waals surface area contributed by atoms with E-state index in [-0.39, 0.29) is 11.3 Å². The number of hydrogen-bond donors (Lipinski definition) is 0. The molecule has 4 heteroatoms. The Bertz CT molecular complexity index is 574. The van der Waals surface area contributed by atoms with E-state index in [2.05, 4.69) is 6.92 Å². The van der Waals surface area contributed by atoms with Gasteiger partial charge in [-0.15, -0.1) is 11.6 Å². The molecule has 1 aliphatic heterocycles. The Labute approximate surface area is 117 Å². The van der Waals surface area contributed by atoms with Crippen molar-refractivity contribution in [1.29, 1.82) is 0 Å². The van der Waals surface area contributed by atoms with Gasteiger partial charge in [-0.2, -0.15) is 0 Å². The van der Waals surface area contributed by atoms with Gasteiger partial charge in [-0.1, -0.05) is 25.1 Å². The van der Waals surface area contributed by atoms with Crippen LogP contribution in [-0.2, 0) is 0 Å². The fourth-order valence-corrected chi connectivity index (χ4v) is 2.72. The van der Waals surface area contributed by atoms with Crippen molar-refractivity contribution in [2.45, 2.75) is 18.7 Å². The molecular formula is C15H16ClNO2. The molecule has 1 aromatic carbocycles. The van der Waals surface area contributed by atoms with E-state index in [1.54, 1.807) is 0 Å². The number of nitrogens with zero attached hydrogens (tertiary/aromatic N) is 1. The summed E-state index contributed by atoms with van der Waals surface area (Å²) in [6.07, 6.45) is 0.842. The highest BCUT2D eigenvalue weighted by atomic mass is 35.5. The van der Waals surface area contributed by atoms with E-state index in [4.69, 9.17) is 16.0 Å². The van der Waals surface area contributed by atoms with Crippen molar-refractivity contribution in [2.24, 2.45) is 5.92 Å². The maximum atomic E-state index is 12.4. The van der Waals surface area contributed by atoms with Crippen LogP contribution in [0.4, 0.5) is 0 Å². The molecule has 1 amide bonds. The van der Waals surface area contributed by atoms with Gasteiger partial charge in [0.15, 0.2) is 5.76 Å². The third-order valence-corrected chi connectivity index (χ3v) is 4.37. The molecule has 1 saturated heterocycles. The van der Waals surface area contributed by atoms with Crippen LogP contribution in [0.2, 0.25) is 0 Å². The molecule has 2 atom stereocenters. The molecule has 0 radical (unpaired) electrons. The smallest absolute Gasteiger partial charge is 0.289 e. The number of furan rings is 1. The summed E-state index contributed by atoms with van der Waals surface area (Å²) >= 11 is 6.19. The van der Waals surface area contributed by atoms with Crippen molar-refractivity contribution in [3.63, 3.8) is 0 Å². The number of alkyl halides is 1. The number of rotatable bonds is 1. The summed E-state index contributed by atoms with van der Waals surface area (Å²) in [4.78, 5) is 14.2. The number of benzene rings is 1. The van der Waals surface area contributed by atoms with Gasteiger partial charge in [0.05, 0.1) is 0 Å². The molecule has 3 nitrogen and oxygen atoms in total. The van der Waals surface area contributed by atoms with Crippen molar-refractivity contribution in [1.82, 2.24) is 4.90 Å². The molecule has 2 aromatic rings. The summed E-state index contributed by atoms with van der Waals surface area (Å²) < 4.78 is 5.62. The van der Waals surface area contributed by atoms with Gasteiger partial charge in [-0.25, -0.2) is 0 Å². The second-order valence-corrected chi connectivity index (χ2v) is 5.74. The predicted octanol–water partition coefficient (Wildman–Crippen LogP) is 3.52. The second kappa shape index (κ2) is 4.89. The molecule has 2 heterocycles. The molecule has 19 heavy (non-hydrogen) atoms. The summed E-state index contributed by atoms with van der Waals surface area (Å²) in [5.74, 6) is 0.705. The first-order valence-electron chi connectivity index (χ1n) is 6.57. The van der Waals surface area contributed by atoms with Gasteiger partial charge < -0.3 is 9.32 Å². The molecule has 0 spiro atoms. The van der Waals surface area contributed by atoms with Crippen LogP contribution in [0.15, 0.2) is 34.7 Å². The molecule has 0 saturated carbocycles. The fraction of sp³-hybridized carbons (Fsp3) is 0.400. The van der Waals surface area contributed by atoms with Gasteiger partial charge in [-0.3, -0.25) is 4.79 Å². The number of carbonyl (C=O) groups is 1. The highest BCUT2D eigenvalue weighted by Gasteiger charge is 2.29. The molecule has 1 fully saturated rings. The quantitative estimate of drug-likeness (QED) is 0.747. The third-order valence-electron chi connectivity index (χ3n) is 3.72. The molecule has 0 aliphatic carbocycles.